The molecule has 1 aromatic carbocycles. The van der Waals surface area contributed by atoms with E-state index in [0.717, 1.165) is 24.2 Å². The lowest BCUT2D eigenvalue weighted by atomic mass is 10.1. The van der Waals surface area contributed by atoms with Gasteiger partial charge in [0.15, 0.2) is 0 Å². The Morgan fingerprint density at radius 2 is 1.79 bits per heavy atom. The van der Waals surface area contributed by atoms with Crippen LogP contribution in [-0.4, -0.2) is 11.6 Å². The fourth-order valence-corrected chi connectivity index (χ4v) is 2.25. The normalized spacial score (nSPS) is 10.6. The summed E-state index contributed by atoms with van der Waals surface area (Å²) in [6.07, 6.45) is 7.71. The van der Waals surface area contributed by atoms with Crippen LogP contribution in [0.3, 0.4) is 0 Å². The van der Waals surface area contributed by atoms with Crippen LogP contribution >= 0.6 is 12.2 Å². The van der Waals surface area contributed by atoms with Crippen LogP contribution in [0.25, 0.3) is 0 Å². The molecular weight excluding hydrogens is 254 g/mol. The van der Waals surface area contributed by atoms with Gasteiger partial charge in [-0.2, -0.15) is 0 Å². The number of rotatable bonds is 10. The molecule has 0 spiro atoms. The molecule has 2 N–H and O–H groups in total. The predicted octanol–water partition coefficient (Wildman–Crippen LogP) is 4.20. The maximum absolute atomic E-state index is 5.70. The zero-order valence-electron chi connectivity index (χ0n) is 11.9. The van der Waals surface area contributed by atoms with Crippen molar-refractivity contribution in [1.29, 1.82) is 0 Å². The fraction of sp³-hybridized carbons (Fsp3) is 0.562. The van der Waals surface area contributed by atoms with Crippen molar-refractivity contribution in [1.82, 2.24) is 0 Å². The Labute approximate surface area is 122 Å². The van der Waals surface area contributed by atoms with Gasteiger partial charge in [-0.3, -0.25) is 0 Å². The molecule has 3 heteroatoms. The van der Waals surface area contributed by atoms with Crippen molar-refractivity contribution in [2.24, 2.45) is 5.73 Å². The summed E-state index contributed by atoms with van der Waals surface area (Å²) in [5.74, 6) is 0. The number of hydrogen-bond donors (Lipinski definition) is 1. The van der Waals surface area contributed by atoms with E-state index in [0.29, 0.717) is 11.6 Å². The SMILES string of the molecule is CCCCCCCCOCc1ccccc1C(N)=S. The van der Waals surface area contributed by atoms with Crippen LogP contribution in [0.5, 0.6) is 0 Å². The average molecular weight is 279 g/mol. The highest BCUT2D eigenvalue weighted by atomic mass is 32.1. The van der Waals surface area contributed by atoms with Gasteiger partial charge in [0.25, 0.3) is 0 Å². The summed E-state index contributed by atoms with van der Waals surface area (Å²) in [7, 11) is 0. The Balaban J connectivity index is 2.17. The second-order valence-corrected chi connectivity index (χ2v) is 5.28. The smallest absolute Gasteiger partial charge is 0.104 e. The molecule has 1 aromatic rings. The largest absolute Gasteiger partial charge is 0.389 e. The number of unbranched alkanes of at least 4 members (excludes halogenated alkanes) is 5. The van der Waals surface area contributed by atoms with Crippen molar-refractivity contribution < 1.29 is 4.74 Å². The minimum atomic E-state index is 0.443. The van der Waals surface area contributed by atoms with Gasteiger partial charge in [-0.05, 0) is 12.0 Å². The molecule has 0 saturated carbocycles. The van der Waals surface area contributed by atoms with E-state index in [-0.39, 0.29) is 0 Å². The minimum Gasteiger partial charge on any atom is -0.389 e. The van der Waals surface area contributed by atoms with Crippen molar-refractivity contribution in [2.45, 2.75) is 52.1 Å². The molecule has 0 aliphatic rings. The Kier molecular flexibility index (Phi) is 8.43. The summed E-state index contributed by atoms with van der Waals surface area (Å²) in [4.78, 5) is 0.443. The molecular formula is C16H25NOS. The van der Waals surface area contributed by atoms with Crippen molar-refractivity contribution in [3.63, 3.8) is 0 Å². The Morgan fingerprint density at radius 1 is 1.11 bits per heavy atom. The summed E-state index contributed by atoms with van der Waals surface area (Å²) >= 11 is 5.03. The third-order valence-electron chi connectivity index (χ3n) is 3.18. The number of ether oxygens (including phenoxy) is 1. The minimum absolute atomic E-state index is 0.443. The predicted molar refractivity (Wildman–Crippen MR) is 85.4 cm³/mol. The van der Waals surface area contributed by atoms with Gasteiger partial charge in [0.05, 0.1) is 6.61 Å². The van der Waals surface area contributed by atoms with Crippen molar-refractivity contribution in [2.75, 3.05) is 6.61 Å². The number of nitrogens with two attached hydrogens (primary N) is 1. The van der Waals surface area contributed by atoms with Crippen LogP contribution in [0, 0.1) is 0 Å². The Bertz CT molecular complexity index is 379. The van der Waals surface area contributed by atoms with Crippen LogP contribution in [-0.2, 0) is 11.3 Å². The molecule has 0 unspecified atom stereocenters. The van der Waals surface area contributed by atoms with Crippen molar-refractivity contribution in [3.05, 3.63) is 35.4 Å². The fourth-order valence-electron chi connectivity index (χ4n) is 2.05. The maximum Gasteiger partial charge on any atom is 0.104 e. The first-order valence-electron chi connectivity index (χ1n) is 7.21. The molecule has 1 rings (SSSR count). The lowest BCUT2D eigenvalue weighted by Crippen LogP contribution is -2.12. The van der Waals surface area contributed by atoms with E-state index in [1.165, 1.54) is 32.1 Å². The second-order valence-electron chi connectivity index (χ2n) is 4.84. The Morgan fingerprint density at radius 3 is 2.53 bits per heavy atom. The first-order chi connectivity index (χ1) is 9.25. The third-order valence-corrected chi connectivity index (χ3v) is 3.40. The van der Waals surface area contributed by atoms with Gasteiger partial charge in [0, 0.05) is 12.2 Å². The molecule has 0 saturated heterocycles. The van der Waals surface area contributed by atoms with Gasteiger partial charge in [-0.25, -0.2) is 0 Å². The third kappa shape index (κ3) is 6.69. The van der Waals surface area contributed by atoms with Gasteiger partial charge in [-0.1, -0.05) is 75.5 Å². The van der Waals surface area contributed by atoms with E-state index >= 15 is 0 Å². The zero-order chi connectivity index (χ0) is 13.9. The lowest BCUT2D eigenvalue weighted by Gasteiger charge is -2.09. The van der Waals surface area contributed by atoms with E-state index in [2.05, 4.69) is 6.92 Å². The van der Waals surface area contributed by atoms with E-state index in [9.17, 15) is 0 Å². The summed E-state index contributed by atoms with van der Waals surface area (Å²) in [5.41, 5.74) is 7.70. The average Bonchev–Trinajstić information content (AvgIpc) is 2.42. The first-order valence-corrected chi connectivity index (χ1v) is 7.62. The molecule has 2 nitrogen and oxygen atoms in total. The second kappa shape index (κ2) is 9.93. The van der Waals surface area contributed by atoms with Gasteiger partial charge < -0.3 is 10.5 Å². The maximum atomic E-state index is 5.70. The highest BCUT2D eigenvalue weighted by Crippen LogP contribution is 2.11. The van der Waals surface area contributed by atoms with Crippen LogP contribution in [0.2, 0.25) is 0 Å². The topological polar surface area (TPSA) is 35.2 Å². The molecule has 19 heavy (non-hydrogen) atoms. The monoisotopic (exact) mass is 279 g/mol. The van der Waals surface area contributed by atoms with E-state index in [4.69, 9.17) is 22.7 Å². The molecule has 0 heterocycles. The van der Waals surface area contributed by atoms with Crippen LogP contribution in [0.4, 0.5) is 0 Å². The standard InChI is InChI=1S/C16H25NOS/c1-2-3-4-5-6-9-12-18-13-14-10-7-8-11-15(14)16(17)19/h7-8,10-11H,2-6,9,12-13H2,1H3,(H2,17,19). The lowest BCUT2D eigenvalue weighted by molar-refractivity contribution is 0.116. The molecule has 106 valence electrons. The van der Waals surface area contributed by atoms with E-state index < -0.39 is 0 Å². The van der Waals surface area contributed by atoms with E-state index in [1.54, 1.807) is 0 Å². The van der Waals surface area contributed by atoms with Gasteiger partial charge in [0.2, 0.25) is 0 Å². The first kappa shape index (κ1) is 16.1. The zero-order valence-corrected chi connectivity index (χ0v) is 12.7. The van der Waals surface area contributed by atoms with Crippen LogP contribution < -0.4 is 5.73 Å². The van der Waals surface area contributed by atoms with Gasteiger partial charge >= 0.3 is 0 Å². The number of benzene rings is 1. The summed E-state index contributed by atoms with van der Waals surface area (Å²) in [6.45, 7) is 3.66. The van der Waals surface area contributed by atoms with Crippen LogP contribution in [0.15, 0.2) is 24.3 Å². The number of hydrogen-bond acceptors (Lipinski definition) is 2. The number of thiocarbonyl (C=S) groups is 1. The molecule has 0 fully saturated rings. The molecule has 0 aliphatic heterocycles. The molecule has 0 amide bonds. The highest BCUT2D eigenvalue weighted by molar-refractivity contribution is 7.80. The Hall–Kier alpha value is -0.930. The summed E-state index contributed by atoms with van der Waals surface area (Å²) < 4.78 is 5.70. The quantitative estimate of drug-likeness (QED) is 0.515. The van der Waals surface area contributed by atoms with Gasteiger partial charge in [-0.15, -0.1) is 0 Å². The molecule has 0 radical (unpaired) electrons. The van der Waals surface area contributed by atoms with Gasteiger partial charge in [0.1, 0.15) is 4.99 Å². The van der Waals surface area contributed by atoms with Crippen molar-refractivity contribution >= 4 is 17.2 Å². The molecule has 0 atom stereocenters. The van der Waals surface area contributed by atoms with E-state index in [1.807, 2.05) is 24.3 Å². The highest BCUT2D eigenvalue weighted by Gasteiger charge is 2.03. The van der Waals surface area contributed by atoms with Crippen molar-refractivity contribution in [3.8, 4) is 0 Å². The van der Waals surface area contributed by atoms with Crippen LogP contribution in [0.1, 0.15) is 56.6 Å². The molecule has 0 aromatic heterocycles. The summed E-state index contributed by atoms with van der Waals surface area (Å²) in [6, 6.07) is 7.92. The molecule has 0 bridgehead atoms. The molecule has 0 aliphatic carbocycles. The summed E-state index contributed by atoms with van der Waals surface area (Å²) in [5, 5.41) is 0.